The van der Waals surface area contributed by atoms with Gasteiger partial charge in [-0.3, -0.25) is 4.79 Å². The highest BCUT2D eigenvalue weighted by Gasteiger charge is 2.30. The molecule has 1 fully saturated rings. The van der Waals surface area contributed by atoms with Crippen molar-refractivity contribution in [2.24, 2.45) is 11.7 Å². The minimum Gasteiger partial charge on any atom is -0.352 e. The van der Waals surface area contributed by atoms with Crippen LogP contribution in [0, 0.1) is 5.92 Å². The van der Waals surface area contributed by atoms with Gasteiger partial charge in [0.1, 0.15) is 0 Å². The molecule has 0 aromatic carbocycles. The molecule has 0 spiro atoms. The first-order valence-electron chi connectivity index (χ1n) is 7.31. The van der Waals surface area contributed by atoms with Crippen molar-refractivity contribution in [3.8, 4) is 0 Å². The van der Waals surface area contributed by atoms with Crippen LogP contribution in [0.2, 0.25) is 0 Å². The van der Waals surface area contributed by atoms with Crippen LogP contribution in [-0.4, -0.2) is 37.5 Å². The molecule has 112 valence electrons. The number of thiophene rings is 1. The van der Waals surface area contributed by atoms with Crippen molar-refractivity contribution in [3.63, 3.8) is 0 Å². The van der Waals surface area contributed by atoms with Gasteiger partial charge in [0.05, 0.1) is 6.54 Å². The van der Waals surface area contributed by atoms with E-state index in [-0.39, 0.29) is 12.5 Å². The second-order valence-electron chi connectivity index (χ2n) is 5.81. The van der Waals surface area contributed by atoms with Gasteiger partial charge in [-0.25, -0.2) is 0 Å². The quantitative estimate of drug-likeness (QED) is 0.873. The Bertz CT molecular complexity index is 411. The average molecular weight is 295 g/mol. The topological polar surface area (TPSA) is 58.4 Å². The Labute approximate surface area is 125 Å². The molecule has 0 radical (unpaired) electrons. The van der Waals surface area contributed by atoms with Crippen molar-refractivity contribution >= 4 is 17.2 Å². The zero-order valence-electron chi connectivity index (χ0n) is 12.3. The van der Waals surface area contributed by atoms with Crippen molar-refractivity contribution in [2.75, 3.05) is 20.6 Å². The summed E-state index contributed by atoms with van der Waals surface area (Å²) < 4.78 is 0. The number of nitrogens with zero attached hydrogens (tertiary/aromatic N) is 1. The Balaban J connectivity index is 1.93. The van der Waals surface area contributed by atoms with E-state index in [1.807, 2.05) is 11.3 Å². The van der Waals surface area contributed by atoms with Crippen LogP contribution in [-0.2, 0) is 4.79 Å². The number of nitrogens with one attached hydrogen (secondary N) is 1. The molecule has 0 saturated heterocycles. The normalized spacial score (nSPS) is 24.6. The molecule has 20 heavy (non-hydrogen) atoms. The van der Waals surface area contributed by atoms with Gasteiger partial charge < -0.3 is 16.0 Å². The van der Waals surface area contributed by atoms with Gasteiger partial charge in [-0.05, 0) is 57.1 Å². The van der Waals surface area contributed by atoms with Crippen molar-refractivity contribution in [1.82, 2.24) is 10.2 Å². The van der Waals surface area contributed by atoms with Crippen LogP contribution >= 0.6 is 11.3 Å². The zero-order chi connectivity index (χ0) is 14.5. The van der Waals surface area contributed by atoms with Gasteiger partial charge >= 0.3 is 0 Å². The number of hydrogen-bond donors (Lipinski definition) is 2. The maximum absolute atomic E-state index is 11.3. The highest BCUT2D eigenvalue weighted by molar-refractivity contribution is 7.10. The summed E-state index contributed by atoms with van der Waals surface area (Å²) in [5, 5.41) is 5.17. The van der Waals surface area contributed by atoms with Crippen LogP contribution in [0.5, 0.6) is 0 Å². The molecule has 1 aromatic heterocycles. The fourth-order valence-corrected chi connectivity index (χ4v) is 4.25. The van der Waals surface area contributed by atoms with Gasteiger partial charge in [-0.15, -0.1) is 11.3 Å². The molecule has 1 amide bonds. The molecular weight excluding hydrogens is 270 g/mol. The lowest BCUT2D eigenvalue weighted by atomic mass is 9.80. The standard InChI is InChI=1S/C15H25N3OS/c1-18(2)15(13-4-3-9-20-13)11-5-7-12(8-6-11)17-14(19)10-16/h3-4,9,11-12,15H,5-8,10,16H2,1-2H3,(H,17,19). The van der Waals surface area contributed by atoms with Gasteiger partial charge in [-0.1, -0.05) is 6.07 Å². The average Bonchev–Trinajstić information content (AvgIpc) is 2.94. The second-order valence-corrected chi connectivity index (χ2v) is 6.79. The summed E-state index contributed by atoms with van der Waals surface area (Å²) in [6.07, 6.45) is 4.45. The Kier molecular flexibility index (Phi) is 5.57. The van der Waals surface area contributed by atoms with Crippen molar-refractivity contribution < 1.29 is 4.79 Å². The van der Waals surface area contributed by atoms with E-state index in [1.54, 1.807) is 0 Å². The highest BCUT2D eigenvalue weighted by atomic mass is 32.1. The number of hydrogen-bond acceptors (Lipinski definition) is 4. The van der Waals surface area contributed by atoms with Crippen LogP contribution in [0.15, 0.2) is 17.5 Å². The van der Waals surface area contributed by atoms with E-state index < -0.39 is 0 Å². The van der Waals surface area contributed by atoms with E-state index in [4.69, 9.17) is 5.73 Å². The Morgan fingerprint density at radius 1 is 1.45 bits per heavy atom. The van der Waals surface area contributed by atoms with Crippen molar-refractivity contribution in [3.05, 3.63) is 22.4 Å². The van der Waals surface area contributed by atoms with Crippen LogP contribution in [0.4, 0.5) is 0 Å². The summed E-state index contributed by atoms with van der Waals surface area (Å²) in [7, 11) is 4.32. The summed E-state index contributed by atoms with van der Waals surface area (Å²) in [6, 6.07) is 5.18. The SMILES string of the molecule is CN(C)C(c1cccs1)C1CCC(NC(=O)CN)CC1. The Morgan fingerprint density at radius 3 is 2.65 bits per heavy atom. The van der Waals surface area contributed by atoms with E-state index >= 15 is 0 Å². The van der Waals surface area contributed by atoms with E-state index in [0.717, 1.165) is 25.7 Å². The molecule has 1 unspecified atom stereocenters. The zero-order valence-corrected chi connectivity index (χ0v) is 13.2. The largest absolute Gasteiger partial charge is 0.352 e. The Hall–Kier alpha value is -0.910. The molecule has 2 rings (SSSR count). The molecule has 0 aliphatic heterocycles. The molecule has 1 heterocycles. The van der Waals surface area contributed by atoms with Crippen molar-refractivity contribution in [1.29, 1.82) is 0 Å². The van der Waals surface area contributed by atoms with E-state index in [9.17, 15) is 4.79 Å². The molecule has 4 nitrogen and oxygen atoms in total. The highest BCUT2D eigenvalue weighted by Crippen LogP contribution is 2.38. The van der Waals surface area contributed by atoms with Crippen molar-refractivity contribution in [2.45, 2.75) is 37.8 Å². The minimum atomic E-state index is -0.0316. The maximum atomic E-state index is 11.3. The molecule has 1 aromatic rings. The summed E-state index contributed by atoms with van der Waals surface area (Å²) >= 11 is 1.84. The lowest BCUT2D eigenvalue weighted by molar-refractivity contribution is -0.120. The van der Waals surface area contributed by atoms with Crippen LogP contribution < -0.4 is 11.1 Å². The first kappa shape index (κ1) is 15.5. The number of rotatable bonds is 5. The molecule has 3 N–H and O–H groups in total. The lowest BCUT2D eigenvalue weighted by Crippen LogP contribution is -2.42. The number of amides is 1. The van der Waals surface area contributed by atoms with E-state index in [1.165, 1.54) is 4.88 Å². The third kappa shape index (κ3) is 3.81. The summed E-state index contributed by atoms with van der Waals surface area (Å²) in [5.74, 6) is 0.644. The molecule has 0 bridgehead atoms. The lowest BCUT2D eigenvalue weighted by Gasteiger charge is -2.37. The Morgan fingerprint density at radius 2 is 2.15 bits per heavy atom. The summed E-state index contributed by atoms with van der Waals surface area (Å²) in [5.41, 5.74) is 5.35. The smallest absolute Gasteiger partial charge is 0.233 e. The number of nitrogens with two attached hydrogens (primary N) is 1. The molecule has 1 atom stereocenters. The number of carbonyl (C=O) groups excluding carboxylic acids is 1. The second kappa shape index (κ2) is 7.20. The van der Waals surface area contributed by atoms with E-state index in [0.29, 0.717) is 18.0 Å². The predicted octanol–water partition coefficient (Wildman–Crippen LogP) is 1.98. The van der Waals surface area contributed by atoms with Gasteiger partial charge in [0, 0.05) is 17.0 Å². The molecule has 5 heteroatoms. The molecule has 1 aliphatic rings. The minimum absolute atomic E-state index is 0.0316. The number of carbonyl (C=O) groups is 1. The van der Waals surface area contributed by atoms with E-state index in [2.05, 4.69) is 41.8 Å². The van der Waals surface area contributed by atoms with Crippen LogP contribution in [0.1, 0.15) is 36.6 Å². The fourth-order valence-electron chi connectivity index (χ4n) is 3.23. The summed E-state index contributed by atoms with van der Waals surface area (Å²) in [6.45, 7) is 0.0927. The third-order valence-electron chi connectivity index (χ3n) is 4.16. The van der Waals surface area contributed by atoms with Crippen LogP contribution in [0.25, 0.3) is 0 Å². The first-order chi connectivity index (χ1) is 9.61. The molecule has 1 saturated carbocycles. The predicted molar refractivity (Wildman–Crippen MR) is 83.7 cm³/mol. The molecule has 1 aliphatic carbocycles. The third-order valence-corrected chi connectivity index (χ3v) is 5.10. The van der Waals surface area contributed by atoms with Crippen LogP contribution in [0.3, 0.4) is 0 Å². The summed E-state index contributed by atoms with van der Waals surface area (Å²) in [4.78, 5) is 15.1. The first-order valence-corrected chi connectivity index (χ1v) is 8.19. The van der Waals surface area contributed by atoms with Gasteiger partial charge in [-0.2, -0.15) is 0 Å². The fraction of sp³-hybridized carbons (Fsp3) is 0.667. The molecular formula is C15H25N3OS. The maximum Gasteiger partial charge on any atom is 0.233 e. The van der Waals surface area contributed by atoms with Gasteiger partial charge in [0.25, 0.3) is 0 Å². The van der Waals surface area contributed by atoms with Gasteiger partial charge in [0.2, 0.25) is 5.91 Å². The monoisotopic (exact) mass is 295 g/mol. The van der Waals surface area contributed by atoms with Gasteiger partial charge in [0.15, 0.2) is 0 Å².